The average Bonchev–Trinajstić information content (AvgIpc) is 2.45. The summed E-state index contributed by atoms with van der Waals surface area (Å²) in [6.45, 7) is 5.87. The molecule has 1 aliphatic rings. The van der Waals surface area contributed by atoms with Crippen LogP contribution in [0.25, 0.3) is 0 Å². The van der Waals surface area contributed by atoms with Crippen LogP contribution in [0.15, 0.2) is 18.2 Å². The molecule has 0 aromatic heterocycles. The van der Waals surface area contributed by atoms with E-state index in [4.69, 9.17) is 0 Å². The Kier molecular flexibility index (Phi) is 5.03. The summed E-state index contributed by atoms with van der Waals surface area (Å²) in [5.41, 5.74) is 2.54. The van der Waals surface area contributed by atoms with E-state index in [0.29, 0.717) is 12.1 Å². The molecule has 2 rings (SSSR count). The number of amides is 2. The van der Waals surface area contributed by atoms with Gasteiger partial charge < -0.3 is 21.3 Å². The van der Waals surface area contributed by atoms with Crippen molar-refractivity contribution in [3.05, 3.63) is 23.8 Å². The van der Waals surface area contributed by atoms with Crippen molar-refractivity contribution in [3.63, 3.8) is 0 Å². The summed E-state index contributed by atoms with van der Waals surface area (Å²) in [5, 5.41) is 12.1. The SMILES string of the molecule is CC(C)NC(=O)CCNC(=O)c1ccc2c(c1)NCCN2. The van der Waals surface area contributed by atoms with Gasteiger partial charge >= 0.3 is 0 Å². The van der Waals surface area contributed by atoms with Crippen LogP contribution in [0.4, 0.5) is 11.4 Å². The fourth-order valence-electron chi connectivity index (χ4n) is 2.17. The summed E-state index contributed by atoms with van der Waals surface area (Å²) in [7, 11) is 0. The van der Waals surface area contributed by atoms with Gasteiger partial charge in [0.15, 0.2) is 0 Å². The van der Waals surface area contributed by atoms with Crippen molar-refractivity contribution in [3.8, 4) is 0 Å². The largest absolute Gasteiger partial charge is 0.382 e. The first-order valence-electron chi connectivity index (χ1n) is 7.25. The molecule has 4 N–H and O–H groups in total. The van der Waals surface area contributed by atoms with Crippen molar-refractivity contribution in [1.29, 1.82) is 0 Å². The van der Waals surface area contributed by atoms with Crippen LogP contribution in [0.1, 0.15) is 30.6 Å². The van der Waals surface area contributed by atoms with E-state index in [1.165, 1.54) is 0 Å². The van der Waals surface area contributed by atoms with Gasteiger partial charge in [-0.05, 0) is 32.0 Å². The maximum atomic E-state index is 12.0. The molecule has 114 valence electrons. The van der Waals surface area contributed by atoms with Crippen molar-refractivity contribution in [1.82, 2.24) is 10.6 Å². The van der Waals surface area contributed by atoms with Crippen molar-refractivity contribution in [2.45, 2.75) is 26.3 Å². The molecule has 0 aliphatic carbocycles. The summed E-state index contributed by atoms with van der Waals surface area (Å²) in [6, 6.07) is 5.61. The summed E-state index contributed by atoms with van der Waals surface area (Å²) in [6.07, 6.45) is 0.286. The average molecular weight is 290 g/mol. The lowest BCUT2D eigenvalue weighted by atomic mass is 10.1. The van der Waals surface area contributed by atoms with Gasteiger partial charge in [-0.1, -0.05) is 0 Å². The third-order valence-electron chi connectivity index (χ3n) is 3.12. The normalized spacial score (nSPS) is 12.9. The second-order valence-corrected chi connectivity index (χ2v) is 5.34. The number of carbonyl (C=O) groups excluding carboxylic acids is 2. The van der Waals surface area contributed by atoms with Gasteiger partial charge in [0.25, 0.3) is 5.91 Å². The predicted molar refractivity (Wildman–Crippen MR) is 83.7 cm³/mol. The Balaban J connectivity index is 1.85. The van der Waals surface area contributed by atoms with Crippen molar-refractivity contribution < 1.29 is 9.59 Å². The second-order valence-electron chi connectivity index (χ2n) is 5.34. The molecule has 0 spiro atoms. The number of hydrogen-bond acceptors (Lipinski definition) is 4. The minimum atomic E-state index is -0.164. The predicted octanol–water partition coefficient (Wildman–Crippen LogP) is 1.17. The van der Waals surface area contributed by atoms with E-state index < -0.39 is 0 Å². The Morgan fingerprint density at radius 2 is 1.90 bits per heavy atom. The van der Waals surface area contributed by atoms with Gasteiger partial charge in [0.2, 0.25) is 5.91 Å². The number of carbonyl (C=O) groups is 2. The van der Waals surface area contributed by atoms with Crippen molar-refractivity contribution in [2.75, 3.05) is 30.3 Å². The van der Waals surface area contributed by atoms with Crippen LogP contribution in [0.5, 0.6) is 0 Å². The Morgan fingerprint density at radius 1 is 1.19 bits per heavy atom. The number of nitrogens with one attached hydrogen (secondary N) is 4. The van der Waals surface area contributed by atoms with Crippen LogP contribution in [-0.2, 0) is 4.79 Å². The Morgan fingerprint density at radius 3 is 2.62 bits per heavy atom. The van der Waals surface area contributed by atoms with Crippen molar-refractivity contribution >= 4 is 23.2 Å². The first kappa shape index (κ1) is 15.2. The van der Waals surface area contributed by atoms with Crippen LogP contribution in [0, 0.1) is 0 Å². The molecule has 0 saturated carbocycles. The molecule has 2 amide bonds. The van der Waals surface area contributed by atoms with Gasteiger partial charge in [-0.2, -0.15) is 0 Å². The van der Waals surface area contributed by atoms with E-state index in [0.717, 1.165) is 24.5 Å². The highest BCUT2D eigenvalue weighted by atomic mass is 16.2. The maximum Gasteiger partial charge on any atom is 0.251 e. The van der Waals surface area contributed by atoms with E-state index in [-0.39, 0.29) is 24.3 Å². The molecule has 1 aromatic carbocycles. The van der Waals surface area contributed by atoms with Crippen LogP contribution < -0.4 is 21.3 Å². The Bertz CT molecular complexity index is 528. The molecule has 0 bridgehead atoms. The molecule has 1 heterocycles. The van der Waals surface area contributed by atoms with E-state index in [2.05, 4.69) is 21.3 Å². The summed E-state index contributed by atoms with van der Waals surface area (Å²) >= 11 is 0. The molecule has 0 unspecified atom stereocenters. The van der Waals surface area contributed by atoms with Gasteiger partial charge in [-0.15, -0.1) is 0 Å². The van der Waals surface area contributed by atoms with Crippen LogP contribution in [0.3, 0.4) is 0 Å². The number of fused-ring (bicyclic) bond motifs is 1. The molecule has 21 heavy (non-hydrogen) atoms. The Hall–Kier alpha value is -2.24. The zero-order chi connectivity index (χ0) is 15.2. The molecule has 1 aromatic rings. The van der Waals surface area contributed by atoms with Gasteiger partial charge in [0.1, 0.15) is 0 Å². The van der Waals surface area contributed by atoms with Gasteiger partial charge in [0.05, 0.1) is 11.4 Å². The minimum absolute atomic E-state index is 0.0541. The maximum absolute atomic E-state index is 12.0. The molecule has 0 radical (unpaired) electrons. The lowest BCUT2D eigenvalue weighted by molar-refractivity contribution is -0.121. The Labute approximate surface area is 124 Å². The van der Waals surface area contributed by atoms with Gasteiger partial charge in [-0.25, -0.2) is 0 Å². The highest BCUT2D eigenvalue weighted by molar-refractivity contribution is 5.96. The van der Waals surface area contributed by atoms with E-state index >= 15 is 0 Å². The first-order chi connectivity index (χ1) is 10.1. The third-order valence-corrected chi connectivity index (χ3v) is 3.12. The molecule has 0 saturated heterocycles. The fraction of sp³-hybridized carbons (Fsp3) is 0.467. The third kappa shape index (κ3) is 4.37. The van der Waals surface area contributed by atoms with Crippen molar-refractivity contribution in [2.24, 2.45) is 0 Å². The number of rotatable bonds is 5. The second kappa shape index (κ2) is 6.97. The van der Waals surface area contributed by atoms with E-state index in [1.807, 2.05) is 26.0 Å². The quantitative estimate of drug-likeness (QED) is 0.656. The first-order valence-corrected chi connectivity index (χ1v) is 7.25. The van der Waals surface area contributed by atoms with Crippen LogP contribution in [0.2, 0.25) is 0 Å². The standard InChI is InChI=1S/C15H22N4O2/c1-10(2)19-14(20)5-6-18-15(21)11-3-4-12-13(9-11)17-8-7-16-12/h3-4,9-10,16-17H,5-8H2,1-2H3,(H,18,21)(H,19,20). The van der Waals surface area contributed by atoms with Gasteiger partial charge in [0, 0.05) is 37.7 Å². The minimum Gasteiger partial charge on any atom is -0.382 e. The molecular formula is C15H22N4O2. The van der Waals surface area contributed by atoms with Gasteiger partial charge in [-0.3, -0.25) is 9.59 Å². The summed E-state index contributed by atoms with van der Waals surface area (Å²) in [4.78, 5) is 23.5. The summed E-state index contributed by atoms with van der Waals surface area (Å²) < 4.78 is 0. The number of hydrogen-bond donors (Lipinski definition) is 4. The molecule has 0 atom stereocenters. The fourth-order valence-corrected chi connectivity index (χ4v) is 2.17. The molecule has 6 heteroatoms. The smallest absolute Gasteiger partial charge is 0.251 e. The lowest BCUT2D eigenvalue weighted by Gasteiger charge is -2.20. The topological polar surface area (TPSA) is 82.3 Å². The highest BCUT2D eigenvalue weighted by Gasteiger charge is 2.12. The highest BCUT2D eigenvalue weighted by Crippen LogP contribution is 2.25. The molecule has 6 nitrogen and oxygen atoms in total. The number of anilines is 2. The molecular weight excluding hydrogens is 268 g/mol. The zero-order valence-corrected chi connectivity index (χ0v) is 12.5. The number of benzene rings is 1. The summed E-state index contributed by atoms with van der Waals surface area (Å²) in [5.74, 6) is -0.218. The molecule has 0 fully saturated rings. The van der Waals surface area contributed by atoms with E-state index in [1.54, 1.807) is 6.07 Å². The lowest BCUT2D eigenvalue weighted by Crippen LogP contribution is -2.34. The van der Waals surface area contributed by atoms with E-state index in [9.17, 15) is 9.59 Å². The zero-order valence-electron chi connectivity index (χ0n) is 12.5. The monoisotopic (exact) mass is 290 g/mol. The van der Waals surface area contributed by atoms with Crippen LogP contribution >= 0.6 is 0 Å². The molecule has 1 aliphatic heterocycles. The van der Waals surface area contributed by atoms with Crippen LogP contribution in [-0.4, -0.2) is 37.5 Å².